The molecule has 5 rings (SSSR count). The maximum absolute atomic E-state index is 13.0. The average Bonchev–Trinajstić information content (AvgIpc) is 2.90. The number of hydrogen-bond acceptors (Lipinski definition) is 5. The molecule has 6 nitrogen and oxygen atoms in total. The molecule has 7 heteroatoms. The van der Waals surface area contributed by atoms with Gasteiger partial charge in [-0.1, -0.05) is 60.7 Å². The summed E-state index contributed by atoms with van der Waals surface area (Å²) < 4.78 is 6.40. The molecule has 186 valence electrons. The molecule has 2 aliphatic heterocycles. The normalized spacial score (nSPS) is 16.8. The third-order valence-corrected chi connectivity index (χ3v) is 6.89. The Bertz CT molecular complexity index is 1250. The Morgan fingerprint density at radius 3 is 2.39 bits per heavy atom. The predicted molar refractivity (Wildman–Crippen MR) is 141 cm³/mol. The molecule has 0 bridgehead atoms. The van der Waals surface area contributed by atoms with E-state index < -0.39 is 11.5 Å². The van der Waals surface area contributed by atoms with Crippen LogP contribution >= 0.6 is 12.4 Å². The van der Waals surface area contributed by atoms with Crippen molar-refractivity contribution < 1.29 is 19.5 Å². The number of Topliss-reactive ketones (excluding diaryl/α,β-unsaturated/α-hetero) is 1. The summed E-state index contributed by atoms with van der Waals surface area (Å²) in [6, 6.07) is 24.5. The van der Waals surface area contributed by atoms with Crippen LogP contribution in [0.15, 0.2) is 78.9 Å². The Labute approximate surface area is 217 Å². The molecule has 36 heavy (non-hydrogen) atoms. The monoisotopic (exact) mass is 504 g/mol. The Hall–Kier alpha value is -3.45. The maximum atomic E-state index is 13.0. The topological polar surface area (TPSA) is 78.9 Å². The molecule has 0 radical (unpaired) electrons. The number of amides is 1. The first-order valence-corrected chi connectivity index (χ1v) is 11.9. The molecular formula is C29H29ClN2O4. The van der Waals surface area contributed by atoms with Crippen molar-refractivity contribution in [3.05, 3.63) is 95.6 Å². The number of halogens is 1. The Morgan fingerprint density at radius 2 is 1.69 bits per heavy atom. The van der Waals surface area contributed by atoms with Gasteiger partial charge in [0.25, 0.3) is 5.91 Å². The minimum absolute atomic E-state index is 0. The fraction of sp³-hybridized carbons (Fsp3) is 0.241. The van der Waals surface area contributed by atoms with Crippen LogP contribution in [-0.2, 0) is 11.3 Å². The highest BCUT2D eigenvalue weighted by Crippen LogP contribution is 2.40. The molecule has 1 spiro atoms. The zero-order chi connectivity index (χ0) is 24.3. The molecule has 3 aromatic carbocycles. The van der Waals surface area contributed by atoms with Gasteiger partial charge in [-0.2, -0.15) is 0 Å². The van der Waals surface area contributed by atoms with Crippen molar-refractivity contribution in [2.24, 2.45) is 0 Å². The largest absolute Gasteiger partial charge is 0.486 e. The lowest BCUT2D eigenvalue weighted by molar-refractivity contribution is -0.124. The van der Waals surface area contributed by atoms with E-state index in [0.717, 1.165) is 32.5 Å². The number of hydroxylamine groups is 1. The molecule has 0 atom stereocenters. The molecule has 0 saturated carbocycles. The number of benzene rings is 3. The summed E-state index contributed by atoms with van der Waals surface area (Å²) in [5.74, 6) is 0.0520. The highest BCUT2D eigenvalue weighted by molar-refractivity contribution is 6.01. The van der Waals surface area contributed by atoms with E-state index >= 15 is 0 Å². The van der Waals surface area contributed by atoms with Gasteiger partial charge in [0, 0.05) is 38.6 Å². The van der Waals surface area contributed by atoms with Crippen LogP contribution in [0.2, 0.25) is 0 Å². The van der Waals surface area contributed by atoms with E-state index in [1.807, 2.05) is 6.07 Å². The summed E-state index contributed by atoms with van der Waals surface area (Å²) in [6.45, 7) is 2.63. The van der Waals surface area contributed by atoms with Gasteiger partial charge >= 0.3 is 0 Å². The number of nitrogens with zero attached hydrogens (tertiary/aromatic N) is 1. The minimum atomic E-state index is -0.622. The van der Waals surface area contributed by atoms with Gasteiger partial charge in [0.2, 0.25) is 0 Å². The summed E-state index contributed by atoms with van der Waals surface area (Å²) in [6.07, 6.45) is 4.73. The van der Waals surface area contributed by atoms with Crippen molar-refractivity contribution in [3.63, 3.8) is 0 Å². The third-order valence-electron chi connectivity index (χ3n) is 6.89. The second-order valence-corrected chi connectivity index (χ2v) is 9.29. The van der Waals surface area contributed by atoms with Gasteiger partial charge < -0.3 is 4.74 Å². The molecule has 1 amide bonds. The van der Waals surface area contributed by atoms with Crippen LogP contribution in [0.4, 0.5) is 0 Å². The van der Waals surface area contributed by atoms with E-state index in [-0.39, 0.29) is 18.2 Å². The van der Waals surface area contributed by atoms with Crippen molar-refractivity contribution >= 4 is 30.2 Å². The fourth-order valence-electron chi connectivity index (χ4n) is 4.91. The quantitative estimate of drug-likeness (QED) is 0.280. The third kappa shape index (κ3) is 5.68. The van der Waals surface area contributed by atoms with Crippen LogP contribution in [0.1, 0.15) is 40.7 Å². The summed E-state index contributed by atoms with van der Waals surface area (Å²) in [4.78, 5) is 26.6. The van der Waals surface area contributed by atoms with Crippen LogP contribution in [0.25, 0.3) is 17.2 Å². The van der Waals surface area contributed by atoms with Crippen molar-refractivity contribution in [1.82, 2.24) is 10.4 Å². The van der Waals surface area contributed by atoms with Gasteiger partial charge in [0.15, 0.2) is 5.78 Å². The van der Waals surface area contributed by atoms with Gasteiger partial charge in [-0.05, 0) is 40.5 Å². The Morgan fingerprint density at radius 1 is 1.00 bits per heavy atom. The fourth-order valence-corrected chi connectivity index (χ4v) is 4.91. The molecule has 0 aliphatic carbocycles. The van der Waals surface area contributed by atoms with Gasteiger partial charge in [-0.25, -0.2) is 5.48 Å². The van der Waals surface area contributed by atoms with Crippen LogP contribution in [0.5, 0.6) is 5.75 Å². The molecule has 0 unspecified atom stereocenters. The number of piperidine rings is 1. The first-order chi connectivity index (χ1) is 17.0. The van der Waals surface area contributed by atoms with Gasteiger partial charge in [-0.15, -0.1) is 12.4 Å². The van der Waals surface area contributed by atoms with Crippen molar-refractivity contribution in [2.75, 3.05) is 13.1 Å². The minimum Gasteiger partial charge on any atom is -0.486 e. The first kappa shape index (κ1) is 25.6. The van der Waals surface area contributed by atoms with Crippen LogP contribution in [-0.4, -0.2) is 40.5 Å². The number of nitrogens with one attached hydrogen (secondary N) is 1. The summed E-state index contributed by atoms with van der Waals surface area (Å²) >= 11 is 0. The molecule has 1 fully saturated rings. The lowest BCUT2D eigenvalue weighted by atomic mass is 9.82. The first-order valence-electron chi connectivity index (χ1n) is 11.9. The molecular weight excluding hydrogens is 476 g/mol. The summed E-state index contributed by atoms with van der Waals surface area (Å²) in [7, 11) is 0. The summed E-state index contributed by atoms with van der Waals surface area (Å²) in [5, 5.41) is 8.61. The van der Waals surface area contributed by atoms with E-state index in [0.29, 0.717) is 23.3 Å². The smallest absolute Gasteiger partial charge is 0.267 e. The van der Waals surface area contributed by atoms with E-state index in [1.54, 1.807) is 29.8 Å². The number of carbonyl (C=O) groups is 2. The SMILES string of the molecule is Cl.O=C(/C=C/c1ccc2c(c1)C(=O)CC1(CCN(Cc3ccc(-c4ccccc4)cc3)CC1)O2)NO. The summed E-state index contributed by atoms with van der Waals surface area (Å²) in [5.41, 5.74) is 6.06. The molecule has 2 heterocycles. The van der Waals surface area contributed by atoms with Gasteiger partial charge in [0.05, 0.1) is 12.0 Å². The predicted octanol–water partition coefficient (Wildman–Crippen LogP) is 5.29. The number of ketones is 1. The second kappa shape index (κ2) is 11.1. The van der Waals surface area contributed by atoms with E-state index in [9.17, 15) is 9.59 Å². The molecule has 1 saturated heterocycles. The van der Waals surface area contributed by atoms with Crippen LogP contribution < -0.4 is 10.2 Å². The van der Waals surface area contributed by atoms with Crippen molar-refractivity contribution in [3.8, 4) is 16.9 Å². The highest BCUT2D eigenvalue weighted by Gasteiger charge is 2.42. The van der Waals surface area contributed by atoms with Gasteiger partial charge in [0.1, 0.15) is 11.4 Å². The number of carbonyl (C=O) groups excluding carboxylic acids is 2. The standard InChI is InChI=1S/C29H28N2O4.ClH/c32-26-19-29(35-27-12-8-21(18-25(26)27)9-13-28(33)30-34)14-16-31(17-15-29)20-22-6-10-24(11-7-22)23-4-2-1-3-5-23;/h1-13,18,34H,14-17,19-20H2,(H,30,33);1H/b13-9+;. The lowest BCUT2D eigenvalue weighted by Crippen LogP contribution is -2.50. The molecule has 3 aromatic rings. The highest BCUT2D eigenvalue weighted by atomic mass is 35.5. The molecule has 2 aliphatic rings. The average molecular weight is 505 g/mol. The maximum Gasteiger partial charge on any atom is 0.267 e. The van der Waals surface area contributed by atoms with E-state index in [4.69, 9.17) is 9.94 Å². The zero-order valence-electron chi connectivity index (χ0n) is 19.9. The lowest BCUT2D eigenvalue weighted by Gasteiger charge is -2.44. The number of fused-ring (bicyclic) bond motifs is 1. The van der Waals surface area contributed by atoms with Crippen molar-refractivity contribution in [2.45, 2.75) is 31.4 Å². The van der Waals surface area contributed by atoms with Crippen LogP contribution in [0, 0.1) is 0 Å². The zero-order valence-corrected chi connectivity index (χ0v) is 20.7. The Kier molecular flexibility index (Phi) is 7.89. The second-order valence-electron chi connectivity index (χ2n) is 9.29. The number of ether oxygens (including phenoxy) is 1. The van der Waals surface area contributed by atoms with E-state index in [2.05, 4.69) is 53.4 Å². The molecule has 2 N–H and O–H groups in total. The van der Waals surface area contributed by atoms with E-state index in [1.165, 1.54) is 22.8 Å². The molecule has 0 aromatic heterocycles. The van der Waals surface area contributed by atoms with Gasteiger partial charge in [-0.3, -0.25) is 19.7 Å². The number of likely N-dealkylation sites (tertiary alicyclic amines) is 1. The van der Waals surface area contributed by atoms with Crippen molar-refractivity contribution in [1.29, 1.82) is 0 Å². The Balaban J connectivity index is 0.00000304. The number of rotatable bonds is 5. The van der Waals surface area contributed by atoms with Crippen LogP contribution in [0.3, 0.4) is 0 Å². The number of hydrogen-bond donors (Lipinski definition) is 2.